The van der Waals surface area contributed by atoms with Gasteiger partial charge in [-0.15, -0.1) is 12.4 Å². The molecule has 0 aromatic carbocycles. The lowest BCUT2D eigenvalue weighted by Gasteiger charge is -2.05. The van der Waals surface area contributed by atoms with Crippen LogP contribution < -0.4 is 11.1 Å². The number of nitrogens with zero attached hydrogens (tertiary/aromatic N) is 1. The van der Waals surface area contributed by atoms with Crippen molar-refractivity contribution in [3.05, 3.63) is 11.9 Å². The number of aryl methyl sites for hydroxylation is 1. The highest BCUT2D eigenvalue weighted by Gasteiger charge is 2.02. The maximum atomic E-state index is 11.7. The number of unbranched alkanes of at least 4 members (excludes halogenated alkanes) is 8. The summed E-state index contributed by atoms with van der Waals surface area (Å²) >= 11 is 0. The second-order valence-corrected chi connectivity index (χ2v) is 6.33. The first-order chi connectivity index (χ1) is 11.2. The number of imidazole rings is 1. The zero-order valence-electron chi connectivity index (χ0n) is 15.1. The summed E-state index contributed by atoms with van der Waals surface area (Å²) in [5.74, 6) is 0.590. The molecule has 0 saturated carbocycles. The topological polar surface area (TPSA) is 83.8 Å². The zero-order valence-corrected chi connectivity index (χ0v) is 15.9. The first-order valence-corrected chi connectivity index (χ1v) is 9.28. The molecule has 0 radical (unpaired) electrons. The van der Waals surface area contributed by atoms with Gasteiger partial charge in [0.05, 0.1) is 6.20 Å². The monoisotopic (exact) mass is 358 g/mol. The van der Waals surface area contributed by atoms with Gasteiger partial charge in [0.25, 0.3) is 0 Å². The van der Waals surface area contributed by atoms with Crippen LogP contribution in [0.2, 0.25) is 0 Å². The van der Waals surface area contributed by atoms with Crippen molar-refractivity contribution in [2.24, 2.45) is 0 Å². The molecule has 1 amide bonds. The van der Waals surface area contributed by atoms with E-state index < -0.39 is 0 Å². The molecule has 0 atom stereocenters. The largest absolute Gasteiger partial charge is 0.369 e. The molecule has 6 heteroatoms. The third-order valence-electron chi connectivity index (χ3n) is 4.10. The number of carbonyl (C=O) groups is 1. The standard InChI is InChI=1S/C18H34N4O.ClH/c1-2-3-4-5-6-7-8-9-10-14-20-17(23)13-11-12-16-15-21-18(19)22-16;/h15H,2-14H2,1H3,(H,20,23)(H3,19,21,22);1H. The number of aromatic nitrogens is 2. The number of H-pyrrole nitrogens is 1. The van der Waals surface area contributed by atoms with Crippen LogP contribution >= 0.6 is 12.4 Å². The average molecular weight is 359 g/mol. The smallest absolute Gasteiger partial charge is 0.220 e. The third-order valence-corrected chi connectivity index (χ3v) is 4.10. The van der Waals surface area contributed by atoms with Gasteiger partial charge in [0.1, 0.15) is 0 Å². The van der Waals surface area contributed by atoms with E-state index in [9.17, 15) is 4.79 Å². The Hall–Kier alpha value is -1.23. The summed E-state index contributed by atoms with van der Waals surface area (Å²) < 4.78 is 0. The molecule has 5 nitrogen and oxygen atoms in total. The molecule has 0 unspecified atom stereocenters. The minimum atomic E-state index is 0. The second-order valence-electron chi connectivity index (χ2n) is 6.33. The average Bonchev–Trinajstić information content (AvgIpc) is 2.94. The van der Waals surface area contributed by atoms with Crippen molar-refractivity contribution < 1.29 is 4.79 Å². The number of amides is 1. The Kier molecular flexibility index (Phi) is 14.5. The number of aromatic amines is 1. The molecule has 1 heterocycles. The fraction of sp³-hybridized carbons (Fsp3) is 0.778. The van der Waals surface area contributed by atoms with Crippen LogP contribution in [0.25, 0.3) is 0 Å². The number of hydrogen-bond donors (Lipinski definition) is 3. The molecule has 0 aliphatic rings. The molecule has 1 aromatic heterocycles. The molecule has 0 aliphatic carbocycles. The molecular formula is C18H35ClN4O. The minimum absolute atomic E-state index is 0. The summed E-state index contributed by atoms with van der Waals surface area (Å²) in [6, 6.07) is 0. The molecular weight excluding hydrogens is 324 g/mol. The molecule has 0 bridgehead atoms. The molecule has 0 aliphatic heterocycles. The van der Waals surface area contributed by atoms with Gasteiger partial charge in [0, 0.05) is 18.7 Å². The first kappa shape index (κ1) is 22.8. The van der Waals surface area contributed by atoms with E-state index in [0.29, 0.717) is 12.4 Å². The molecule has 0 spiro atoms. The Morgan fingerprint density at radius 2 is 1.71 bits per heavy atom. The predicted molar refractivity (Wildman–Crippen MR) is 103 cm³/mol. The van der Waals surface area contributed by atoms with E-state index in [0.717, 1.165) is 31.5 Å². The maximum Gasteiger partial charge on any atom is 0.220 e. The van der Waals surface area contributed by atoms with Gasteiger partial charge in [0.15, 0.2) is 5.95 Å². The summed E-state index contributed by atoms with van der Waals surface area (Å²) in [6.07, 6.45) is 15.7. The van der Waals surface area contributed by atoms with Crippen molar-refractivity contribution in [3.8, 4) is 0 Å². The Labute approximate surface area is 153 Å². The van der Waals surface area contributed by atoms with Crippen LogP contribution in [-0.4, -0.2) is 22.4 Å². The van der Waals surface area contributed by atoms with Crippen LogP contribution in [0.3, 0.4) is 0 Å². The molecule has 1 aromatic rings. The minimum Gasteiger partial charge on any atom is -0.369 e. The maximum absolute atomic E-state index is 11.7. The van der Waals surface area contributed by atoms with Crippen molar-refractivity contribution in [1.82, 2.24) is 15.3 Å². The van der Waals surface area contributed by atoms with E-state index in [1.54, 1.807) is 6.20 Å². The number of anilines is 1. The lowest BCUT2D eigenvalue weighted by Crippen LogP contribution is -2.24. The van der Waals surface area contributed by atoms with Crippen molar-refractivity contribution in [2.75, 3.05) is 12.3 Å². The number of nitrogen functional groups attached to an aromatic ring is 1. The second kappa shape index (κ2) is 15.3. The quantitative estimate of drug-likeness (QED) is 0.431. The van der Waals surface area contributed by atoms with Crippen LogP contribution in [0.1, 0.15) is 83.2 Å². The number of halogens is 1. The van der Waals surface area contributed by atoms with E-state index in [1.807, 2.05) is 0 Å². The van der Waals surface area contributed by atoms with Crippen molar-refractivity contribution in [1.29, 1.82) is 0 Å². The highest BCUT2D eigenvalue weighted by atomic mass is 35.5. The van der Waals surface area contributed by atoms with E-state index in [2.05, 4.69) is 22.2 Å². The fourth-order valence-electron chi connectivity index (χ4n) is 2.69. The third kappa shape index (κ3) is 12.2. The van der Waals surface area contributed by atoms with Crippen LogP contribution in [-0.2, 0) is 11.2 Å². The van der Waals surface area contributed by atoms with E-state index >= 15 is 0 Å². The van der Waals surface area contributed by atoms with E-state index in [1.165, 1.54) is 51.4 Å². The highest BCUT2D eigenvalue weighted by Crippen LogP contribution is 2.09. The van der Waals surface area contributed by atoms with Gasteiger partial charge < -0.3 is 16.0 Å². The van der Waals surface area contributed by atoms with Gasteiger partial charge in [0.2, 0.25) is 5.91 Å². The van der Waals surface area contributed by atoms with Gasteiger partial charge in [-0.25, -0.2) is 4.98 Å². The molecule has 0 fully saturated rings. The van der Waals surface area contributed by atoms with Crippen LogP contribution in [0.5, 0.6) is 0 Å². The summed E-state index contributed by atoms with van der Waals surface area (Å²) in [6.45, 7) is 3.06. The highest BCUT2D eigenvalue weighted by molar-refractivity contribution is 5.85. The zero-order chi connectivity index (χ0) is 16.8. The Morgan fingerprint density at radius 1 is 1.08 bits per heavy atom. The SMILES string of the molecule is CCCCCCCCCCCNC(=O)CCCc1cnc(N)[nH]1.Cl. The van der Waals surface area contributed by atoms with Crippen LogP contribution in [0.15, 0.2) is 6.20 Å². The van der Waals surface area contributed by atoms with Gasteiger partial charge in [-0.05, 0) is 19.3 Å². The number of nitrogens with one attached hydrogen (secondary N) is 2. The summed E-state index contributed by atoms with van der Waals surface area (Å²) in [4.78, 5) is 18.6. The van der Waals surface area contributed by atoms with Crippen molar-refractivity contribution in [2.45, 2.75) is 84.0 Å². The number of rotatable bonds is 14. The van der Waals surface area contributed by atoms with Crippen molar-refractivity contribution in [3.63, 3.8) is 0 Å². The molecule has 24 heavy (non-hydrogen) atoms. The van der Waals surface area contributed by atoms with Crippen LogP contribution in [0.4, 0.5) is 5.95 Å². The van der Waals surface area contributed by atoms with Crippen molar-refractivity contribution >= 4 is 24.3 Å². The Morgan fingerprint density at radius 3 is 2.29 bits per heavy atom. The van der Waals surface area contributed by atoms with Gasteiger partial charge in [-0.1, -0.05) is 58.3 Å². The number of carbonyl (C=O) groups excluding carboxylic acids is 1. The summed E-state index contributed by atoms with van der Waals surface area (Å²) in [5, 5.41) is 3.00. The molecule has 4 N–H and O–H groups in total. The summed E-state index contributed by atoms with van der Waals surface area (Å²) in [7, 11) is 0. The van der Waals surface area contributed by atoms with E-state index in [-0.39, 0.29) is 18.3 Å². The molecule has 1 rings (SSSR count). The Bertz CT molecular complexity index is 423. The van der Waals surface area contributed by atoms with Crippen LogP contribution in [0, 0.1) is 0 Å². The Balaban J connectivity index is 0.00000529. The normalized spacial score (nSPS) is 10.4. The lowest BCUT2D eigenvalue weighted by molar-refractivity contribution is -0.121. The fourth-order valence-corrected chi connectivity index (χ4v) is 2.69. The first-order valence-electron chi connectivity index (χ1n) is 9.28. The molecule has 0 saturated heterocycles. The lowest BCUT2D eigenvalue weighted by atomic mass is 10.1. The van der Waals surface area contributed by atoms with Gasteiger partial charge in [-0.2, -0.15) is 0 Å². The number of hydrogen-bond acceptors (Lipinski definition) is 3. The predicted octanol–water partition coefficient (Wildman–Crippen LogP) is 4.38. The number of nitrogens with two attached hydrogens (primary N) is 1. The van der Waals surface area contributed by atoms with Gasteiger partial charge >= 0.3 is 0 Å². The summed E-state index contributed by atoms with van der Waals surface area (Å²) in [5.41, 5.74) is 6.50. The van der Waals surface area contributed by atoms with Gasteiger partial charge in [-0.3, -0.25) is 4.79 Å². The van der Waals surface area contributed by atoms with E-state index in [4.69, 9.17) is 5.73 Å². The molecule has 140 valence electrons.